The van der Waals surface area contributed by atoms with Gasteiger partial charge in [-0.2, -0.15) is 0 Å². The lowest BCUT2D eigenvalue weighted by atomic mass is 9.98. The van der Waals surface area contributed by atoms with E-state index in [1.807, 2.05) is 24.3 Å². The van der Waals surface area contributed by atoms with Gasteiger partial charge in [-0.3, -0.25) is 9.59 Å². The Morgan fingerprint density at radius 3 is 2.15 bits per heavy atom. The van der Waals surface area contributed by atoms with E-state index < -0.39 is 18.0 Å². The van der Waals surface area contributed by atoms with E-state index in [1.54, 1.807) is 0 Å². The van der Waals surface area contributed by atoms with Gasteiger partial charge in [-0.15, -0.1) is 0 Å². The molecule has 0 saturated heterocycles. The van der Waals surface area contributed by atoms with Crippen molar-refractivity contribution in [1.82, 2.24) is 0 Å². The summed E-state index contributed by atoms with van der Waals surface area (Å²) in [6, 6.07) is 15.7. The summed E-state index contributed by atoms with van der Waals surface area (Å²) in [5.74, 6) is -1.16. The third-order valence-electron chi connectivity index (χ3n) is 5.06. The zero-order chi connectivity index (χ0) is 19.2. The zero-order valence-corrected chi connectivity index (χ0v) is 15.3. The third-order valence-corrected chi connectivity index (χ3v) is 5.06. The van der Waals surface area contributed by atoms with E-state index in [9.17, 15) is 9.59 Å². The van der Waals surface area contributed by atoms with Gasteiger partial charge in [0.1, 0.15) is 12.6 Å². The van der Waals surface area contributed by atoms with Crippen LogP contribution in [0.1, 0.15) is 49.1 Å². The molecule has 1 atom stereocenters. The molecular formula is C22H25NO4. The van der Waals surface area contributed by atoms with Crippen LogP contribution in [0.4, 0.5) is 0 Å². The number of esters is 1. The first kappa shape index (κ1) is 19.1. The van der Waals surface area contributed by atoms with Gasteiger partial charge in [0.05, 0.1) is 0 Å². The predicted molar refractivity (Wildman–Crippen MR) is 103 cm³/mol. The van der Waals surface area contributed by atoms with Crippen molar-refractivity contribution in [1.29, 1.82) is 0 Å². The van der Waals surface area contributed by atoms with E-state index >= 15 is 0 Å². The molecule has 0 unspecified atom stereocenters. The molecule has 0 radical (unpaired) electrons. The number of ether oxygens (including phenoxy) is 1. The molecule has 2 aromatic carbocycles. The number of carbonyl (C=O) groups excluding carboxylic acids is 1. The third kappa shape index (κ3) is 4.55. The van der Waals surface area contributed by atoms with Crippen LogP contribution in [0.25, 0.3) is 11.1 Å². The van der Waals surface area contributed by atoms with Crippen molar-refractivity contribution in [2.75, 3.05) is 6.61 Å². The van der Waals surface area contributed by atoms with Crippen LogP contribution in [0.3, 0.4) is 0 Å². The normalized spacial score (nSPS) is 13.7. The smallest absolute Gasteiger partial charge is 0.322 e. The summed E-state index contributed by atoms with van der Waals surface area (Å²) in [5, 5.41) is 8.62. The van der Waals surface area contributed by atoms with E-state index in [0.29, 0.717) is 12.8 Å². The van der Waals surface area contributed by atoms with Crippen molar-refractivity contribution in [3.8, 4) is 11.1 Å². The number of fused-ring (bicyclic) bond motifs is 3. The number of nitrogens with two attached hydrogens (primary N) is 1. The predicted octanol–water partition coefficient (Wildman–Crippen LogP) is 3.70. The fraction of sp³-hybridized carbons (Fsp3) is 0.364. The first-order chi connectivity index (χ1) is 13.1. The standard InChI is InChI=1S/C22H25NO4/c23-20(12-2-1-3-13-21(24)25)22(26)27-14-19-17-10-6-4-8-15(17)16-9-5-7-11-18(16)19/h4-11,19-20H,1-3,12-14,23H2,(H,24,25)/t20-/m0/s1. The minimum absolute atomic E-state index is 0.0316. The molecule has 1 aliphatic carbocycles. The van der Waals surface area contributed by atoms with Crippen LogP contribution in [-0.2, 0) is 14.3 Å². The van der Waals surface area contributed by atoms with Crippen LogP contribution in [0.5, 0.6) is 0 Å². The molecular weight excluding hydrogens is 342 g/mol. The Hall–Kier alpha value is -2.66. The van der Waals surface area contributed by atoms with Gasteiger partial charge in [-0.25, -0.2) is 0 Å². The number of rotatable bonds is 9. The van der Waals surface area contributed by atoms with Crippen molar-refractivity contribution >= 4 is 11.9 Å². The first-order valence-corrected chi connectivity index (χ1v) is 9.40. The zero-order valence-electron chi connectivity index (χ0n) is 15.3. The Labute approximate surface area is 159 Å². The molecule has 5 heteroatoms. The summed E-state index contributed by atoms with van der Waals surface area (Å²) in [7, 11) is 0. The second kappa shape index (κ2) is 8.82. The minimum Gasteiger partial charge on any atom is -0.481 e. The van der Waals surface area contributed by atoms with E-state index in [4.69, 9.17) is 15.6 Å². The maximum absolute atomic E-state index is 12.3. The average molecular weight is 367 g/mol. The van der Waals surface area contributed by atoms with Gasteiger partial charge in [-0.1, -0.05) is 61.4 Å². The highest BCUT2D eigenvalue weighted by atomic mass is 16.5. The molecule has 0 saturated carbocycles. The highest BCUT2D eigenvalue weighted by molar-refractivity contribution is 5.79. The second-order valence-corrected chi connectivity index (χ2v) is 6.96. The van der Waals surface area contributed by atoms with E-state index in [-0.39, 0.29) is 18.9 Å². The summed E-state index contributed by atoms with van der Waals surface area (Å²) >= 11 is 0. The Bertz CT molecular complexity index is 772. The molecule has 0 spiro atoms. The minimum atomic E-state index is -0.796. The summed E-state index contributed by atoms with van der Waals surface area (Å²) in [6.45, 7) is 0.277. The summed E-state index contributed by atoms with van der Waals surface area (Å²) in [6.07, 6.45) is 2.73. The molecule has 2 aromatic rings. The molecule has 0 aromatic heterocycles. The monoisotopic (exact) mass is 367 g/mol. The van der Waals surface area contributed by atoms with Crippen molar-refractivity contribution in [2.45, 2.75) is 44.1 Å². The molecule has 3 N–H and O–H groups in total. The number of hydrogen-bond donors (Lipinski definition) is 2. The van der Waals surface area contributed by atoms with Gasteiger partial charge in [0, 0.05) is 12.3 Å². The molecule has 0 bridgehead atoms. The van der Waals surface area contributed by atoms with Crippen molar-refractivity contribution in [2.24, 2.45) is 5.73 Å². The molecule has 0 amide bonds. The summed E-state index contributed by atoms with van der Waals surface area (Å²) in [5.41, 5.74) is 10.7. The molecule has 0 heterocycles. The van der Waals surface area contributed by atoms with Crippen LogP contribution < -0.4 is 5.73 Å². The fourth-order valence-electron chi connectivity index (χ4n) is 3.65. The van der Waals surface area contributed by atoms with Gasteiger partial charge < -0.3 is 15.6 Å². The number of carboxylic acid groups (broad SMARTS) is 1. The second-order valence-electron chi connectivity index (χ2n) is 6.96. The quantitative estimate of drug-likeness (QED) is 0.521. The van der Waals surface area contributed by atoms with Crippen LogP contribution in [0.2, 0.25) is 0 Å². The highest BCUT2D eigenvalue weighted by Crippen LogP contribution is 2.44. The number of carboxylic acids is 1. The number of unbranched alkanes of at least 4 members (excludes halogenated alkanes) is 2. The Balaban J connectivity index is 1.54. The van der Waals surface area contributed by atoms with Crippen LogP contribution in [0, 0.1) is 0 Å². The summed E-state index contributed by atoms with van der Waals surface area (Å²) in [4.78, 5) is 22.7. The van der Waals surface area contributed by atoms with E-state index in [2.05, 4.69) is 24.3 Å². The maximum atomic E-state index is 12.3. The lowest BCUT2D eigenvalue weighted by Crippen LogP contribution is -2.33. The Morgan fingerprint density at radius 1 is 0.963 bits per heavy atom. The molecule has 27 heavy (non-hydrogen) atoms. The SMILES string of the molecule is N[C@@H](CCCCCC(=O)O)C(=O)OCC1c2ccccc2-c2ccccc21. The molecule has 3 rings (SSSR count). The van der Waals surface area contributed by atoms with Gasteiger partial charge in [-0.05, 0) is 35.1 Å². The first-order valence-electron chi connectivity index (χ1n) is 9.40. The molecule has 0 fully saturated rings. The number of benzene rings is 2. The van der Waals surface area contributed by atoms with Crippen molar-refractivity contribution in [3.63, 3.8) is 0 Å². The van der Waals surface area contributed by atoms with Crippen LogP contribution in [0.15, 0.2) is 48.5 Å². The topological polar surface area (TPSA) is 89.6 Å². The van der Waals surface area contributed by atoms with Gasteiger partial charge in [0.2, 0.25) is 0 Å². The molecule has 1 aliphatic rings. The van der Waals surface area contributed by atoms with E-state index in [1.165, 1.54) is 22.3 Å². The van der Waals surface area contributed by atoms with Crippen LogP contribution >= 0.6 is 0 Å². The number of carbonyl (C=O) groups is 2. The number of aliphatic carboxylic acids is 1. The molecule has 142 valence electrons. The Kier molecular flexibility index (Phi) is 6.24. The number of hydrogen-bond acceptors (Lipinski definition) is 4. The van der Waals surface area contributed by atoms with Gasteiger partial charge in [0.25, 0.3) is 0 Å². The average Bonchev–Trinajstić information content (AvgIpc) is 2.99. The van der Waals surface area contributed by atoms with Gasteiger partial charge in [0.15, 0.2) is 0 Å². The van der Waals surface area contributed by atoms with Crippen LogP contribution in [-0.4, -0.2) is 29.7 Å². The lowest BCUT2D eigenvalue weighted by molar-refractivity contribution is -0.145. The van der Waals surface area contributed by atoms with Crippen molar-refractivity contribution in [3.05, 3.63) is 59.7 Å². The molecule has 5 nitrogen and oxygen atoms in total. The van der Waals surface area contributed by atoms with Gasteiger partial charge >= 0.3 is 11.9 Å². The fourth-order valence-corrected chi connectivity index (χ4v) is 3.65. The largest absolute Gasteiger partial charge is 0.481 e. The lowest BCUT2D eigenvalue weighted by Gasteiger charge is -2.16. The Morgan fingerprint density at radius 2 is 1.56 bits per heavy atom. The highest BCUT2D eigenvalue weighted by Gasteiger charge is 2.29. The maximum Gasteiger partial charge on any atom is 0.322 e. The molecule has 0 aliphatic heterocycles. The summed E-state index contributed by atoms with van der Waals surface area (Å²) < 4.78 is 5.54. The van der Waals surface area contributed by atoms with E-state index in [0.717, 1.165) is 12.8 Å². The van der Waals surface area contributed by atoms with Crippen molar-refractivity contribution < 1.29 is 19.4 Å².